The van der Waals surface area contributed by atoms with Crippen molar-refractivity contribution >= 4 is 6.08 Å². The van der Waals surface area contributed by atoms with Gasteiger partial charge in [-0.05, 0) is 17.7 Å². The van der Waals surface area contributed by atoms with E-state index in [1.807, 2.05) is 18.2 Å². The van der Waals surface area contributed by atoms with Crippen molar-refractivity contribution < 1.29 is 23.7 Å². The topological polar surface area (TPSA) is 58.2 Å². The van der Waals surface area contributed by atoms with Crippen molar-refractivity contribution in [2.75, 3.05) is 65.9 Å². The number of hydrogen-bond donors (Lipinski definition) is 1. The van der Waals surface area contributed by atoms with Crippen molar-refractivity contribution in [2.24, 2.45) is 0 Å². The molecular formula is C18H27NO5. The minimum Gasteiger partial charge on any atom is -0.487 e. The highest BCUT2D eigenvalue weighted by Crippen LogP contribution is 2.28. The summed E-state index contributed by atoms with van der Waals surface area (Å²) in [6.07, 6.45) is 1.78. The third-order valence-electron chi connectivity index (χ3n) is 3.39. The third-order valence-corrected chi connectivity index (χ3v) is 3.39. The molecule has 0 radical (unpaired) electrons. The minimum absolute atomic E-state index is 0.460. The fourth-order valence-electron chi connectivity index (χ4n) is 2.14. The van der Waals surface area contributed by atoms with Crippen molar-refractivity contribution in [3.05, 3.63) is 30.3 Å². The average molecular weight is 337 g/mol. The molecule has 1 N–H and O–H groups in total. The van der Waals surface area contributed by atoms with E-state index in [0.29, 0.717) is 64.4 Å². The summed E-state index contributed by atoms with van der Waals surface area (Å²) in [5.74, 6) is 1.39. The maximum Gasteiger partial charge on any atom is 0.161 e. The van der Waals surface area contributed by atoms with Gasteiger partial charge in [-0.25, -0.2) is 0 Å². The van der Waals surface area contributed by atoms with E-state index in [4.69, 9.17) is 23.7 Å². The molecule has 0 amide bonds. The first kappa shape index (κ1) is 18.7. The normalized spacial score (nSPS) is 19.0. The zero-order valence-electron chi connectivity index (χ0n) is 14.1. The Labute approximate surface area is 143 Å². The van der Waals surface area contributed by atoms with Gasteiger partial charge in [0.25, 0.3) is 0 Å². The maximum absolute atomic E-state index is 5.80. The molecule has 1 aromatic carbocycles. The maximum atomic E-state index is 5.80. The van der Waals surface area contributed by atoms with Crippen LogP contribution in [0.25, 0.3) is 6.08 Å². The van der Waals surface area contributed by atoms with Crippen molar-refractivity contribution in [1.29, 1.82) is 0 Å². The lowest BCUT2D eigenvalue weighted by Gasteiger charge is -2.14. The van der Waals surface area contributed by atoms with Gasteiger partial charge in [-0.3, -0.25) is 0 Å². The first-order valence-electron chi connectivity index (χ1n) is 8.36. The van der Waals surface area contributed by atoms with E-state index >= 15 is 0 Å². The minimum atomic E-state index is 0.460. The Morgan fingerprint density at radius 1 is 0.750 bits per heavy atom. The Kier molecular flexibility index (Phi) is 9.26. The predicted molar refractivity (Wildman–Crippen MR) is 92.8 cm³/mol. The van der Waals surface area contributed by atoms with Crippen LogP contribution in [0.1, 0.15) is 5.56 Å². The van der Waals surface area contributed by atoms with Crippen LogP contribution in [0.4, 0.5) is 0 Å². The van der Waals surface area contributed by atoms with Crippen molar-refractivity contribution in [3.63, 3.8) is 0 Å². The number of benzene rings is 1. The van der Waals surface area contributed by atoms with Crippen LogP contribution >= 0.6 is 0 Å². The van der Waals surface area contributed by atoms with Crippen LogP contribution in [0, 0.1) is 0 Å². The molecule has 0 aromatic heterocycles. The van der Waals surface area contributed by atoms with E-state index in [0.717, 1.165) is 18.7 Å². The summed E-state index contributed by atoms with van der Waals surface area (Å²) in [6, 6.07) is 5.74. The van der Waals surface area contributed by atoms with Gasteiger partial charge in [-0.1, -0.05) is 18.7 Å². The smallest absolute Gasteiger partial charge is 0.161 e. The predicted octanol–water partition coefficient (Wildman–Crippen LogP) is 1.74. The first-order chi connectivity index (χ1) is 11.9. The molecule has 0 bridgehead atoms. The van der Waals surface area contributed by atoms with Gasteiger partial charge >= 0.3 is 0 Å². The standard InChI is InChI=1S/C18H27NO5/c1-2-16-3-4-17-18(15-16)24-14-11-21-8-6-19-5-7-20-9-10-22-12-13-23-17/h2-4,15,19H,1,5-14H2. The molecular weight excluding hydrogens is 310 g/mol. The zero-order chi connectivity index (χ0) is 16.9. The van der Waals surface area contributed by atoms with Crippen LogP contribution in [0.15, 0.2) is 24.8 Å². The summed E-state index contributed by atoms with van der Waals surface area (Å²) >= 11 is 0. The summed E-state index contributed by atoms with van der Waals surface area (Å²) in [7, 11) is 0. The molecule has 0 spiro atoms. The van der Waals surface area contributed by atoms with Crippen LogP contribution in [-0.4, -0.2) is 65.9 Å². The molecule has 1 aromatic rings. The molecule has 6 nitrogen and oxygen atoms in total. The lowest BCUT2D eigenvalue weighted by Crippen LogP contribution is -2.25. The van der Waals surface area contributed by atoms with Gasteiger partial charge in [0.05, 0.1) is 39.6 Å². The van der Waals surface area contributed by atoms with E-state index in [9.17, 15) is 0 Å². The largest absolute Gasteiger partial charge is 0.487 e. The molecule has 0 aliphatic carbocycles. The monoisotopic (exact) mass is 337 g/mol. The lowest BCUT2D eigenvalue weighted by atomic mass is 10.2. The summed E-state index contributed by atoms with van der Waals surface area (Å²) < 4.78 is 28.0. The molecule has 1 heterocycles. The molecule has 2 rings (SSSR count). The van der Waals surface area contributed by atoms with Gasteiger partial charge in [0, 0.05) is 13.1 Å². The van der Waals surface area contributed by atoms with Gasteiger partial charge in [0.1, 0.15) is 13.2 Å². The van der Waals surface area contributed by atoms with E-state index in [-0.39, 0.29) is 0 Å². The summed E-state index contributed by atoms with van der Waals surface area (Å²) in [5, 5.41) is 3.26. The molecule has 134 valence electrons. The number of rotatable bonds is 1. The van der Waals surface area contributed by atoms with Gasteiger partial charge < -0.3 is 29.0 Å². The van der Waals surface area contributed by atoms with Crippen LogP contribution in [0.3, 0.4) is 0 Å². The zero-order valence-corrected chi connectivity index (χ0v) is 14.1. The molecule has 0 unspecified atom stereocenters. The number of nitrogens with one attached hydrogen (secondary N) is 1. The molecule has 1 aliphatic heterocycles. The Bertz CT molecular complexity index is 480. The quantitative estimate of drug-likeness (QED) is 0.842. The SMILES string of the molecule is C=Cc1ccc2c(c1)OCCOCCNCCOCCOCCO2. The van der Waals surface area contributed by atoms with Crippen molar-refractivity contribution in [2.45, 2.75) is 0 Å². The molecule has 0 saturated carbocycles. The second kappa shape index (κ2) is 11.9. The van der Waals surface area contributed by atoms with Crippen molar-refractivity contribution in [3.8, 4) is 11.5 Å². The number of ether oxygens (including phenoxy) is 5. The molecule has 24 heavy (non-hydrogen) atoms. The molecule has 1 aliphatic rings. The average Bonchev–Trinajstić information content (AvgIpc) is 2.61. The highest BCUT2D eigenvalue weighted by molar-refractivity contribution is 5.54. The fourth-order valence-corrected chi connectivity index (χ4v) is 2.14. The Balaban J connectivity index is 1.89. The number of hydrogen-bond acceptors (Lipinski definition) is 6. The molecule has 0 atom stereocenters. The Hall–Kier alpha value is -1.60. The summed E-state index contributed by atoms with van der Waals surface area (Å²) in [6.45, 7) is 9.80. The van der Waals surface area contributed by atoms with E-state index < -0.39 is 0 Å². The highest BCUT2D eigenvalue weighted by Gasteiger charge is 2.06. The molecule has 0 fully saturated rings. The van der Waals surface area contributed by atoms with E-state index in [1.54, 1.807) is 6.08 Å². The lowest BCUT2D eigenvalue weighted by molar-refractivity contribution is 0.0353. The van der Waals surface area contributed by atoms with Gasteiger partial charge in [0.2, 0.25) is 0 Å². The highest BCUT2D eigenvalue weighted by atomic mass is 16.6. The third kappa shape index (κ3) is 7.31. The van der Waals surface area contributed by atoms with Gasteiger partial charge in [0.15, 0.2) is 11.5 Å². The van der Waals surface area contributed by atoms with Crippen molar-refractivity contribution in [1.82, 2.24) is 5.32 Å². The summed E-state index contributed by atoms with van der Waals surface area (Å²) in [4.78, 5) is 0. The fraction of sp³-hybridized carbons (Fsp3) is 0.556. The van der Waals surface area contributed by atoms with Crippen LogP contribution in [0.5, 0.6) is 11.5 Å². The van der Waals surface area contributed by atoms with Gasteiger partial charge in [-0.2, -0.15) is 0 Å². The van der Waals surface area contributed by atoms with E-state index in [2.05, 4.69) is 11.9 Å². The van der Waals surface area contributed by atoms with Crippen LogP contribution in [-0.2, 0) is 14.2 Å². The van der Waals surface area contributed by atoms with Gasteiger partial charge in [-0.15, -0.1) is 0 Å². The molecule has 6 heteroatoms. The molecule has 0 saturated heterocycles. The Morgan fingerprint density at radius 2 is 1.33 bits per heavy atom. The second-order valence-electron chi connectivity index (χ2n) is 5.19. The van der Waals surface area contributed by atoms with E-state index in [1.165, 1.54) is 0 Å². The summed E-state index contributed by atoms with van der Waals surface area (Å²) in [5.41, 5.74) is 0.984. The van der Waals surface area contributed by atoms with Crippen LogP contribution < -0.4 is 14.8 Å². The number of fused-ring (bicyclic) bond motifs is 1. The first-order valence-corrected chi connectivity index (χ1v) is 8.36. The Morgan fingerprint density at radius 3 is 2.00 bits per heavy atom. The second-order valence-corrected chi connectivity index (χ2v) is 5.19. The van der Waals surface area contributed by atoms with Crippen LogP contribution in [0.2, 0.25) is 0 Å².